The molecule has 1 saturated heterocycles. The van der Waals surface area contributed by atoms with Crippen molar-refractivity contribution in [2.45, 2.75) is 19.3 Å². The molecule has 2 amide bonds. The van der Waals surface area contributed by atoms with E-state index in [0.717, 1.165) is 30.3 Å². The molecule has 0 bridgehead atoms. The van der Waals surface area contributed by atoms with Gasteiger partial charge >= 0.3 is 0 Å². The summed E-state index contributed by atoms with van der Waals surface area (Å²) in [7, 11) is 0. The molecule has 8 nitrogen and oxygen atoms in total. The van der Waals surface area contributed by atoms with E-state index in [1.807, 2.05) is 29.2 Å². The number of likely N-dealkylation sites (tertiary alicyclic amines) is 1. The van der Waals surface area contributed by atoms with Crippen LogP contribution in [0.2, 0.25) is 0 Å². The normalized spacial score (nSPS) is 16.9. The van der Waals surface area contributed by atoms with Gasteiger partial charge in [0, 0.05) is 43.6 Å². The zero-order chi connectivity index (χ0) is 19.3. The van der Waals surface area contributed by atoms with Crippen LogP contribution in [0.15, 0.2) is 42.9 Å². The van der Waals surface area contributed by atoms with Gasteiger partial charge in [-0.05, 0) is 24.8 Å². The minimum atomic E-state index is -0.194. The van der Waals surface area contributed by atoms with Crippen molar-refractivity contribution in [1.82, 2.24) is 30.4 Å². The molecular formula is C20H22N6O2. The Morgan fingerprint density at radius 2 is 2.14 bits per heavy atom. The van der Waals surface area contributed by atoms with Crippen LogP contribution in [-0.2, 0) is 11.2 Å². The Morgan fingerprint density at radius 1 is 1.25 bits per heavy atom. The number of carbonyl (C=O) groups is 2. The standard InChI is InChI=1S/C20H22N6O2/c27-18(10-15-12-21-7-8-22-15)26-9-3-4-14(13-26)11-23-20(28)19-16-5-1-2-6-17(16)24-25-19/h1-2,5-8,12,14H,3-4,9-11,13H2,(H,23,28)(H,24,25). The highest BCUT2D eigenvalue weighted by Gasteiger charge is 2.25. The largest absolute Gasteiger partial charge is 0.350 e. The highest BCUT2D eigenvalue weighted by Crippen LogP contribution is 2.18. The second kappa shape index (κ2) is 8.16. The lowest BCUT2D eigenvalue weighted by Crippen LogP contribution is -2.44. The van der Waals surface area contributed by atoms with Crippen molar-refractivity contribution >= 4 is 22.7 Å². The SMILES string of the molecule is O=C(NCC1CCCN(C(=O)Cc2cnccn2)C1)c1n[nH]c2ccccc12. The number of nitrogens with zero attached hydrogens (tertiary/aromatic N) is 4. The van der Waals surface area contributed by atoms with Crippen molar-refractivity contribution in [2.24, 2.45) is 5.92 Å². The van der Waals surface area contributed by atoms with E-state index in [2.05, 4.69) is 25.5 Å². The molecule has 1 aromatic carbocycles. The highest BCUT2D eigenvalue weighted by molar-refractivity contribution is 6.04. The van der Waals surface area contributed by atoms with Crippen LogP contribution in [-0.4, -0.2) is 56.5 Å². The summed E-state index contributed by atoms with van der Waals surface area (Å²) < 4.78 is 0. The van der Waals surface area contributed by atoms with Crippen LogP contribution < -0.4 is 5.32 Å². The Morgan fingerprint density at radius 3 is 3.00 bits per heavy atom. The molecule has 1 aliphatic heterocycles. The van der Waals surface area contributed by atoms with Crippen molar-refractivity contribution in [3.63, 3.8) is 0 Å². The molecule has 8 heteroatoms. The minimum Gasteiger partial charge on any atom is -0.350 e. The van der Waals surface area contributed by atoms with E-state index < -0.39 is 0 Å². The van der Waals surface area contributed by atoms with Crippen LogP contribution in [0.5, 0.6) is 0 Å². The van der Waals surface area contributed by atoms with Gasteiger partial charge in [-0.25, -0.2) is 0 Å². The van der Waals surface area contributed by atoms with Crippen LogP contribution in [0.4, 0.5) is 0 Å². The molecule has 0 radical (unpaired) electrons. The molecule has 28 heavy (non-hydrogen) atoms. The maximum Gasteiger partial charge on any atom is 0.272 e. The van der Waals surface area contributed by atoms with Crippen molar-refractivity contribution in [3.8, 4) is 0 Å². The van der Waals surface area contributed by atoms with E-state index in [-0.39, 0.29) is 24.2 Å². The van der Waals surface area contributed by atoms with E-state index in [0.29, 0.717) is 24.5 Å². The predicted molar refractivity (Wildman–Crippen MR) is 103 cm³/mol. The highest BCUT2D eigenvalue weighted by atomic mass is 16.2. The molecule has 2 aromatic heterocycles. The Labute approximate surface area is 162 Å². The van der Waals surface area contributed by atoms with Crippen LogP contribution in [0.25, 0.3) is 10.9 Å². The summed E-state index contributed by atoms with van der Waals surface area (Å²) in [5, 5.41) is 10.8. The zero-order valence-corrected chi connectivity index (χ0v) is 15.5. The second-order valence-corrected chi connectivity index (χ2v) is 7.05. The first kappa shape index (κ1) is 18.1. The summed E-state index contributed by atoms with van der Waals surface area (Å²) >= 11 is 0. The molecule has 1 aliphatic rings. The number of hydrogen-bond donors (Lipinski definition) is 2. The average Bonchev–Trinajstić information content (AvgIpc) is 3.17. The molecule has 3 heterocycles. The fourth-order valence-electron chi connectivity index (χ4n) is 3.60. The lowest BCUT2D eigenvalue weighted by atomic mass is 9.97. The fraction of sp³-hybridized carbons (Fsp3) is 0.350. The zero-order valence-electron chi connectivity index (χ0n) is 15.5. The quantitative estimate of drug-likeness (QED) is 0.701. The van der Waals surface area contributed by atoms with Crippen molar-refractivity contribution < 1.29 is 9.59 Å². The summed E-state index contributed by atoms with van der Waals surface area (Å²) in [4.78, 5) is 35.1. The van der Waals surface area contributed by atoms with Gasteiger partial charge in [-0.3, -0.25) is 24.7 Å². The van der Waals surface area contributed by atoms with Gasteiger partial charge in [-0.15, -0.1) is 0 Å². The van der Waals surface area contributed by atoms with Gasteiger partial charge in [-0.2, -0.15) is 5.10 Å². The molecule has 1 atom stereocenters. The summed E-state index contributed by atoms with van der Waals surface area (Å²) in [6, 6.07) is 7.55. The van der Waals surface area contributed by atoms with Crippen LogP contribution in [0.1, 0.15) is 29.0 Å². The van der Waals surface area contributed by atoms with E-state index >= 15 is 0 Å². The monoisotopic (exact) mass is 378 g/mol. The number of H-pyrrole nitrogens is 1. The molecule has 1 unspecified atom stereocenters. The summed E-state index contributed by atoms with van der Waals surface area (Å²) in [5.74, 6) is 0.0870. The number of nitrogens with one attached hydrogen (secondary N) is 2. The number of para-hydroxylation sites is 1. The smallest absolute Gasteiger partial charge is 0.272 e. The third kappa shape index (κ3) is 4.00. The molecule has 144 valence electrons. The van der Waals surface area contributed by atoms with Gasteiger partial charge in [0.25, 0.3) is 5.91 Å². The predicted octanol–water partition coefficient (Wildman–Crippen LogP) is 1.56. The first-order chi connectivity index (χ1) is 13.7. The number of aromatic amines is 1. The maximum atomic E-state index is 12.5. The molecule has 4 rings (SSSR count). The van der Waals surface area contributed by atoms with Gasteiger partial charge in [0.15, 0.2) is 5.69 Å². The Hall–Kier alpha value is -3.29. The Bertz CT molecular complexity index is 971. The number of piperidine rings is 1. The first-order valence-electron chi connectivity index (χ1n) is 9.44. The van der Waals surface area contributed by atoms with E-state index in [9.17, 15) is 9.59 Å². The molecule has 0 aliphatic carbocycles. The summed E-state index contributed by atoms with van der Waals surface area (Å²) in [6.45, 7) is 1.91. The maximum absolute atomic E-state index is 12.5. The van der Waals surface area contributed by atoms with Gasteiger partial charge in [0.05, 0.1) is 17.6 Å². The first-order valence-corrected chi connectivity index (χ1v) is 9.44. The van der Waals surface area contributed by atoms with Gasteiger partial charge < -0.3 is 10.2 Å². The number of hydrogen-bond acceptors (Lipinski definition) is 5. The fourth-order valence-corrected chi connectivity index (χ4v) is 3.60. The number of carbonyl (C=O) groups excluding carboxylic acids is 2. The number of benzene rings is 1. The Balaban J connectivity index is 1.32. The van der Waals surface area contributed by atoms with Gasteiger partial charge in [0.2, 0.25) is 5.91 Å². The molecule has 3 aromatic rings. The third-order valence-corrected chi connectivity index (χ3v) is 5.06. The Kier molecular flexibility index (Phi) is 5.27. The number of aromatic nitrogens is 4. The lowest BCUT2D eigenvalue weighted by Gasteiger charge is -2.32. The molecule has 1 fully saturated rings. The average molecular weight is 378 g/mol. The lowest BCUT2D eigenvalue weighted by molar-refractivity contribution is -0.132. The second-order valence-electron chi connectivity index (χ2n) is 7.05. The van der Waals surface area contributed by atoms with E-state index in [1.165, 1.54) is 0 Å². The molecule has 0 saturated carbocycles. The summed E-state index contributed by atoms with van der Waals surface area (Å²) in [5.41, 5.74) is 1.92. The topological polar surface area (TPSA) is 104 Å². The van der Waals surface area contributed by atoms with E-state index in [4.69, 9.17) is 0 Å². The molecular weight excluding hydrogens is 356 g/mol. The minimum absolute atomic E-state index is 0.0508. The summed E-state index contributed by atoms with van der Waals surface area (Å²) in [6.07, 6.45) is 6.97. The van der Waals surface area contributed by atoms with Crippen LogP contribution in [0, 0.1) is 5.92 Å². The number of fused-ring (bicyclic) bond motifs is 1. The molecule has 2 N–H and O–H groups in total. The van der Waals surface area contributed by atoms with Crippen molar-refractivity contribution in [3.05, 3.63) is 54.2 Å². The van der Waals surface area contributed by atoms with Gasteiger partial charge in [0.1, 0.15) is 0 Å². The van der Waals surface area contributed by atoms with Crippen molar-refractivity contribution in [1.29, 1.82) is 0 Å². The van der Waals surface area contributed by atoms with Gasteiger partial charge in [-0.1, -0.05) is 18.2 Å². The van der Waals surface area contributed by atoms with Crippen LogP contribution >= 0.6 is 0 Å². The van der Waals surface area contributed by atoms with Crippen LogP contribution in [0.3, 0.4) is 0 Å². The number of amides is 2. The number of rotatable bonds is 5. The van der Waals surface area contributed by atoms with E-state index in [1.54, 1.807) is 18.6 Å². The molecule has 0 spiro atoms. The van der Waals surface area contributed by atoms with Crippen molar-refractivity contribution in [2.75, 3.05) is 19.6 Å². The third-order valence-electron chi connectivity index (χ3n) is 5.06.